The molecule has 14 nitrogen and oxygen atoms in total. The number of aliphatic hydroxyl groups excluding tert-OH is 8. The van der Waals surface area contributed by atoms with E-state index in [1.54, 1.807) is 6.08 Å². The summed E-state index contributed by atoms with van der Waals surface area (Å²) in [4.78, 5) is 13.2. The van der Waals surface area contributed by atoms with Gasteiger partial charge in [-0.05, 0) is 57.8 Å². The molecule has 0 aromatic rings. The molecular formula is C61H111NO13. The first kappa shape index (κ1) is 69.1. The van der Waals surface area contributed by atoms with Crippen molar-refractivity contribution in [1.29, 1.82) is 0 Å². The predicted octanol–water partition coefficient (Wildman–Crippen LogP) is 10.4. The second-order valence-electron chi connectivity index (χ2n) is 21.5. The molecule has 9 N–H and O–H groups in total. The second-order valence-corrected chi connectivity index (χ2v) is 21.5. The molecule has 2 aliphatic rings. The van der Waals surface area contributed by atoms with Crippen LogP contribution in [0.4, 0.5) is 0 Å². The molecule has 0 aliphatic carbocycles. The van der Waals surface area contributed by atoms with E-state index in [1.807, 2.05) is 6.08 Å². The summed E-state index contributed by atoms with van der Waals surface area (Å²) in [5.41, 5.74) is 0. The molecule has 75 heavy (non-hydrogen) atoms. The maximum atomic E-state index is 13.2. The Hall–Kier alpha value is -2.05. The minimum atomic E-state index is -1.79. The highest BCUT2D eigenvalue weighted by molar-refractivity contribution is 5.76. The van der Waals surface area contributed by atoms with Crippen LogP contribution < -0.4 is 5.32 Å². The first-order chi connectivity index (χ1) is 36.6. The Kier molecular flexibility index (Phi) is 43.1. The molecule has 2 aliphatic heterocycles. The Morgan fingerprint density at radius 2 is 0.880 bits per heavy atom. The molecule has 0 bridgehead atoms. The van der Waals surface area contributed by atoms with Gasteiger partial charge in [-0.25, -0.2) is 0 Å². The predicted molar refractivity (Wildman–Crippen MR) is 300 cm³/mol. The molecule has 12 atom stereocenters. The van der Waals surface area contributed by atoms with Crippen LogP contribution >= 0.6 is 0 Å². The lowest BCUT2D eigenvalue weighted by molar-refractivity contribution is -0.359. The van der Waals surface area contributed by atoms with Gasteiger partial charge in [0.05, 0.1) is 32.0 Å². The van der Waals surface area contributed by atoms with Crippen molar-refractivity contribution < 1.29 is 64.6 Å². The minimum absolute atomic E-state index is 0.242. The van der Waals surface area contributed by atoms with Crippen LogP contribution in [0.25, 0.3) is 0 Å². The molecular weight excluding hydrogens is 955 g/mol. The Balaban J connectivity index is 1.58. The normalized spacial score (nSPS) is 25.4. The Morgan fingerprint density at radius 1 is 0.480 bits per heavy atom. The first-order valence-electron chi connectivity index (χ1n) is 30.4. The summed E-state index contributed by atoms with van der Waals surface area (Å²) in [6, 6.07) is -0.911. The smallest absolute Gasteiger partial charge is 0.220 e. The highest BCUT2D eigenvalue weighted by atomic mass is 16.7. The second kappa shape index (κ2) is 46.8. The lowest BCUT2D eigenvalue weighted by atomic mass is 9.97. The summed E-state index contributed by atoms with van der Waals surface area (Å²) in [5, 5.41) is 86.7. The van der Waals surface area contributed by atoms with Crippen molar-refractivity contribution in [3.8, 4) is 0 Å². The van der Waals surface area contributed by atoms with Crippen molar-refractivity contribution >= 4 is 5.91 Å². The van der Waals surface area contributed by atoms with Gasteiger partial charge < -0.3 is 65.1 Å². The molecule has 14 heteroatoms. The third-order valence-corrected chi connectivity index (χ3v) is 14.8. The van der Waals surface area contributed by atoms with E-state index in [4.69, 9.17) is 18.9 Å². The van der Waals surface area contributed by atoms with Crippen molar-refractivity contribution in [2.24, 2.45) is 0 Å². The third-order valence-electron chi connectivity index (χ3n) is 14.8. The van der Waals surface area contributed by atoms with Crippen LogP contribution in [0.1, 0.15) is 239 Å². The van der Waals surface area contributed by atoms with E-state index in [1.165, 1.54) is 154 Å². The van der Waals surface area contributed by atoms with E-state index in [0.29, 0.717) is 6.42 Å². The van der Waals surface area contributed by atoms with Gasteiger partial charge in [0.25, 0.3) is 0 Å². The van der Waals surface area contributed by atoms with Crippen LogP contribution in [0, 0.1) is 0 Å². The number of ether oxygens (including phenoxy) is 4. The summed E-state index contributed by atoms with van der Waals surface area (Å²) in [7, 11) is 0. The number of allylic oxidation sites excluding steroid dienone is 7. The van der Waals surface area contributed by atoms with Crippen LogP contribution in [-0.4, -0.2) is 140 Å². The number of aliphatic hydroxyl groups is 8. The standard InChI is InChI=1S/C61H111NO13/c1-3-5-7-9-11-13-14-15-16-17-18-19-20-21-22-23-24-25-26-27-28-29-30-31-32-33-34-35-36-37-39-41-43-45-53(66)62-49(50(65)44-42-40-38-12-10-8-6-4-2)48-72-60-58(71)56(69)59(52(47-64)74-60)75-61-57(70)55(68)54(67)51(46-63)73-61/h14-15,17-18,20-21,42,44,49-52,54-61,63-65,67-71H,3-13,16,19,22-41,43,45-48H2,1-2H3,(H,62,66)/b15-14-,18-17-,21-20-,44-42+. The SMILES string of the molecule is CCCCCCC/C=C\C/C=C\C/C=C\CCCCCCCCCCCCCCCCCCCCC(=O)NC(COC1OC(CO)C(OC2OC(CO)C(O)C(O)C2O)C(O)C1O)C(O)/C=C/CCCCCCCC. The van der Waals surface area contributed by atoms with E-state index in [0.717, 1.165) is 57.8 Å². The zero-order valence-electron chi connectivity index (χ0n) is 47.0. The molecule has 2 saturated heterocycles. The fourth-order valence-corrected chi connectivity index (χ4v) is 9.83. The summed E-state index contributed by atoms with van der Waals surface area (Å²) in [6.07, 6.45) is 42.0. The number of hydrogen-bond acceptors (Lipinski definition) is 13. The lowest BCUT2D eigenvalue weighted by Crippen LogP contribution is -2.65. The number of nitrogens with one attached hydrogen (secondary N) is 1. The fraction of sp³-hybridized carbons (Fsp3) is 0.852. The maximum Gasteiger partial charge on any atom is 0.220 e. The van der Waals surface area contributed by atoms with Crippen LogP contribution in [-0.2, 0) is 23.7 Å². The lowest BCUT2D eigenvalue weighted by Gasteiger charge is -2.46. The van der Waals surface area contributed by atoms with Crippen LogP contribution in [0.15, 0.2) is 48.6 Å². The van der Waals surface area contributed by atoms with Crippen LogP contribution in [0.3, 0.4) is 0 Å². The highest BCUT2D eigenvalue weighted by Crippen LogP contribution is 2.30. The van der Waals surface area contributed by atoms with Gasteiger partial charge in [-0.1, -0.05) is 223 Å². The van der Waals surface area contributed by atoms with Gasteiger partial charge in [-0.3, -0.25) is 4.79 Å². The average molecular weight is 1070 g/mol. The maximum absolute atomic E-state index is 13.2. The van der Waals surface area contributed by atoms with Crippen molar-refractivity contribution in [3.05, 3.63) is 48.6 Å². The Labute approximate surface area is 454 Å². The molecule has 1 amide bonds. The number of carbonyl (C=O) groups is 1. The van der Waals surface area contributed by atoms with Gasteiger partial charge in [-0.15, -0.1) is 0 Å². The number of carbonyl (C=O) groups excluding carboxylic acids is 1. The molecule has 2 rings (SSSR count). The van der Waals surface area contributed by atoms with Crippen molar-refractivity contribution in [3.63, 3.8) is 0 Å². The highest BCUT2D eigenvalue weighted by Gasteiger charge is 2.51. The molecule has 438 valence electrons. The number of rotatable bonds is 48. The molecule has 2 heterocycles. The average Bonchev–Trinajstić information content (AvgIpc) is 3.41. The zero-order chi connectivity index (χ0) is 54.6. The van der Waals surface area contributed by atoms with Gasteiger partial charge in [0.15, 0.2) is 12.6 Å². The molecule has 0 saturated carbocycles. The van der Waals surface area contributed by atoms with Gasteiger partial charge in [0.1, 0.15) is 48.8 Å². The van der Waals surface area contributed by atoms with Gasteiger partial charge in [0, 0.05) is 6.42 Å². The van der Waals surface area contributed by atoms with Crippen molar-refractivity contribution in [2.45, 2.75) is 312 Å². The number of amides is 1. The van der Waals surface area contributed by atoms with Crippen molar-refractivity contribution in [2.75, 3.05) is 19.8 Å². The van der Waals surface area contributed by atoms with Gasteiger partial charge in [-0.2, -0.15) is 0 Å². The molecule has 12 unspecified atom stereocenters. The van der Waals surface area contributed by atoms with E-state index >= 15 is 0 Å². The van der Waals surface area contributed by atoms with Crippen LogP contribution in [0.5, 0.6) is 0 Å². The van der Waals surface area contributed by atoms with Gasteiger partial charge >= 0.3 is 0 Å². The molecule has 0 aromatic carbocycles. The molecule has 0 spiro atoms. The van der Waals surface area contributed by atoms with E-state index in [9.17, 15) is 45.6 Å². The monoisotopic (exact) mass is 1070 g/mol. The summed E-state index contributed by atoms with van der Waals surface area (Å²) in [6.45, 7) is 2.73. The summed E-state index contributed by atoms with van der Waals surface area (Å²) in [5.74, 6) is -0.242. The number of hydrogen-bond donors (Lipinski definition) is 9. The number of unbranched alkanes of at least 4 members (excludes halogenated alkanes) is 29. The van der Waals surface area contributed by atoms with Crippen molar-refractivity contribution in [1.82, 2.24) is 5.32 Å². The topological polar surface area (TPSA) is 228 Å². The first-order valence-corrected chi connectivity index (χ1v) is 30.4. The van der Waals surface area contributed by atoms with Gasteiger partial charge in [0.2, 0.25) is 5.91 Å². The zero-order valence-corrected chi connectivity index (χ0v) is 47.0. The van der Waals surface area contributed by atoms with Crippen LogP contribution in [0.2, 0.25) is 0 Å². The quantitative estimate of drug-likeness (QED) is 0.0204. The minimum Gasteiger partial charge on any atom is -0.394 e. The summed E-state index contributed by atoms with van der Waals surface area (Å²) >= 11 is 0. The molecule has 2 fully saturated rings. The summed E-state index contributed by atoms with van der Waals surface area (Å²) < 4.78 is 22.7. The Bertz CT molecular complexity index is 1440. The third kappa shape index (κ3) is 32.6. The van der Waals surface area contributed by atoms with E-state index < -0.39 is 86.8 Å². The molecule has 0 radical (unpaired) electrons. The fourth-order valence-electron chi connectivity index (χ4n) is 9.83. The molecule has 0 aromatic heterocycles. The van der Waals surface area contributed by atoms with E-state index in [2.05, 4.69) is 55.6 Å². The van der Waals surface area contributed by atoms with E-state index in [-0.39, 0.29) is 18.9 Å². The Morgan fingerprint density at radius 3 is 1.35 bits per heavy atom. The largest absolute Gasteiger partial charge is 0.394 e.